The van der Waals surface area contributed by atoms with Gasteiger partial charge < -0.3 is 19.1 Å². The third-order valence-corrected chi connectivity index (χ3v) is 1.99. The van der Waals surface area contributed by atoms with Crippen molar-refractivity contribution in [1.29, 1.82) is 0 Å². The summed E-state index contributed by atoms with van der Waals surface area (Å²) < 4.78 is 14.4. The Balaban J connectivity index is 2.37. The fourth-order valence-electron chi connectivity index (χ4n) is 0.998. The molecule has 1 fully saturated rings. The Morgan fingerprint density at radius 1 is 1.47 bits per heavy atom. The SMILES string of the molecule is CN(C)C(=O)OCC1(C)COC(=O)OC1. The summed E-state index contributed by atoms with van der Waals surface area (Å²) in [7, 11) is 3.20. The summed E-state index contributed by atoms with van der Waals surface area (Å²) in [4.78, 5) is 23.1. The number of carbonyl (C=O) groups excluding carboxylic acids is 2. The number of hydrogen-bond acceptors (Lipinski definition) is 5. The lowest BCUT2D eigenvalue weighted by molar-refractivity contribution is -0.0749. The van der Waals surface area contributed by atoms with Gasteiger partial charge in [-0.05, 0) is 6.92 Å². The third-order valence-electron chi connectivity index (χ3n) is 1.99. The van der Waals surface area contributed by atoms with Gasteiger partial charge >= 0.3 is 12.2 Å². The van der Waals surface area contributed by atoms with Crippen molar-refractivity contribution in [3.05, 3.63) is 0 Å². The minimum Gasteiger partial charge on any atom is -0.449 e. The van der Waals surface area contributed by atoms with Crippen LogP contribution in [0.5, 0.6) is 0 Å². The van der Waals surface area contributed by atoms with Crippen LogP contribution in [-0.2, 0) is 14.2 Å². The Morgan fingerprint density at radius 2 is 2.00 bits per heavy atom. The fraction of sp³-hybridized carbons (Fsp3) is 0.778. The van der Waals surface area contributed by atoms with Gasteiger partial charge in [0.05, 0.1) is 5.41 Å². The zero-order valence-electron chi connectivity index (χ0n) is 9.11. The number of nitrogens with zero attached hydrogens (tertiary/aromatic N) is 1. The number of hydrogen-bond donors (Lipinski definition) is 0. The summed E-state index contributed by atoms with van der Waals surface area (Å²) in [5.41, 5.74) is -0.459. The molecule has 1 heterocycles. The number of amides is 1. The Morgan fingerprint density at radius 3 is 2.47 bits per heavy atom. The third kappa shape index (κ3) is 3.30. The van der Waals surface area contributed by atoms with Crippen LogP contribution in [0, 0.1) is 5.41 Å². The fourth-order valence-corrected chi connectivity index (χ4v) is 0.998. The Kier molecular flexibility index (Phi) is 3.39. The first kappa shape index (κ1) is 11.6. The summed E-state index contributed by atoms with van der Waals surface area (Å²) in [5.74, 6) is 0. The van der Waals surface area contributed by atoms with Gasteiger partial charge in [-0.15, -0.1) is 0 Å². The van der Waals surface area contributed by atoms with Crippen LogP contribution < -0.4 is 0 Å². The van der Waals surface area contributed by atoms with E-state index in [4.69, 9.17) is 14.2 Å². The second-order valence-corrected chi connectivity index (χ2v) is 4.09. The average Bonchev–Trinajstić information content (AvgIpc) is 2.19. The van der Waals surface area contributed by atoms with E-state index >= 15 is 0 Å². The van der Waals surface area contributed by atoms with E-state index in [2.05, 4.69) is 0 Å². The molecule has 0 spiro atoms. The molecule has 1 saturated heterocycles. The van der Waals surface area contributed by atoms with Crippen LogP contribution >= 0.6 is 0 Å². The van der Waals surface area contributed by atoms with Gasteiger partial charge in [0.1, 0.15) is 19.8 Å². The van der Waals surface area contributed by atoms with Crippen LogP contribution in [0.1, 0.15) is 6.92 Å². The normalized spacial score (nSPS) is 18.7. The highest BCUT2D eigenvalue weighted by Gasteiger charge is 2.34. The minimum atomic E-state index is -0.675. The van der Waals surface area contributed by atoms with E-state index in [1.807, 2.05) is 6.92 Å². The molecule has 1 amide bonds. The maximum absolute atomic E-state index is 11.1. The second kappa shape index (κ2) is 4.37. The Hall–Kier alpha value is -1.46. The smallest absolute Gasteiger partial charge is 0.449 e. The molecule has 0 aliphatic carbocycles. The molecule has 0 radical (unpaired) electrons. The molecule has 6 heteroatoms. The van der Waals surface area contributed by atoms with Crippen molar-refractivity contribution in [2.45, 2.75) is 6.92 Å². The van der Waals surface area contributed by atoms with Crippen molar-refractivity contribution < 1.29 is 23.8 Å². The summed E-state index contributed by atoms with van der Waals surface area (Å²) in [6, 6.07) is 0. The van der Waals surface area contributed by atoms with Crippen LogP contribution in [0.15, 0.2) is 0 Å². The Bertz CT molecular complexity index is 253. The average molecular weight is 217 g/mol. The van der Waals surface area contributed by atoms with Gasteiger partial charge in [0, 0.05) is 14.1 Å². The molecule has 0 bridgehead atoms. The van der Waals surface area contributed by atoms with Gasteiger partial charge in [-0.25, -0.2) is 9.59 Å². The molecule has 0 N–H and O–H groups in total. The summed E-state index contributed by atoms with van der Waals surface area (Å²) in [5, 5.41) is 0. The molecule has 0 aromatic heterocycles. The molecule has 1 rings (SSSR count). The van der Waals surface area contributed by atoms with Gasteiger partial charge in [-0.3, -0.25) is 0 Å². The minimum absolute atomic E-state index is 0.164. The van der Waals surface area contributed by atoms with Crippen molar-refractivity contribution in [3.8, 4) is 0 Å². The molecule has 0 aromatic carbocycles. The lowest BCUT2D eigenvalue weighted by atomic mass is 9.94. The Labute approximate surface area is 88.1 Å². The van der Waals surface area contributed by atoms with E-state index < -0.39 is 17.7 Å². The van der Waals surface area contributed by atoms with Crippen LogP contribution in [-0.4, -0.2) is 51.1 Å². The molecular weight excluding hydrogens is 202 g/mol. The second-order valence-electron chi connectivity index (χ2n) is 4.09. The largest absolute Gasteiger partial charge is 0.508 e. The molecule has 15 heavy (non-hydrogen) atoms. The highest BCUT2D eigenvalue weighted by Crippen LogP contribution is 2.22. The topological polar surface area (TPSA) is 65.1 Å². The molecule has 1 aliphatic heterocycles. The van der Waals surface area contributed by atoms with Crippen molar-refractivity contribution in [2.75, 3.05) is 33.9 Å². The number of ether oxygens (including phenoxy) is 3. The number of cyclic esters (lactones) is 2. The van der Waals surface area contributed by atoms with Crippen molar-refractivity contribution in [3.63, 3.8) is 0 Å². The van der Waals surface area contributed by atoms with Gasteiger partial charge in [-0.2, -0.15) is 0 Å². The molecular formula is C9H15NO5. The summed E-state index contributed by atoms with van der Waals surface area (Å²) in [6.07, 6.45) is -1.10. The number of rotatable bonds is 2. The zero-order chi connectivity index (χ0) is 11.5. The zero-order valence-corrected chi connectivity index (χ0v) is 9.11. The standard InChI is InChI=1S/C9H15NO5/c1-9(4-13-7(11)10(2)3)5-14-8(12)15-6-9/h4-6H2,1-3H3. The van der Waals surface area contributed by atoms with E-state index in [0.29, 0.717) is 0 Å². The first-order valence-electron chi connectivity index (χ1n) is 4.57. The maximum Gasteiger partial charge on any atom is 0.508 e. The van der Waals surface area contributed by atoms with E-state index in [0.717, 1.165) is 0 Å². The molecule has 1 aliphatic rings. The molecule has 0 unspecified atom stereocenters. The lowest BCUT2D eigenvalue weighted by Gasteiger charge is -2.31. The van der Waals surface area contributed by atoms with Crippen molar-refractivity contribution in [2.24, 2.45) is 5.41 Å². The quantitative estimate of drug-likeness (QED) is 0.642. The molecule has 0 aromatic rings. The van der Waals surface area contributed by atoms with E-state index in [1.165, 1.54) is 4.90 Å². The van der Waals surface area contributed by atoms with E-state index in [9.17, 15) is 9.59 Å². The van der Waals surface area contributed by atoms with Crippen molar-refractivity contribution >= 4 is 12.2 Å². The lowest BCUT2D eigenvalue weighted by Crippen LogP contribution is -2.41. The van der Waals surface area contributed by atoms with Crippen LogP contribution in [0.2, 0.25) is 0 Å². The first-order valence-corrected chi connectivity index (χ1v) is 4.57. The predicted octanol–water partition coefficient (Wildman–Crippen LogP) is 0.858. The first-order chi connectivity index (χ1) is 6.93. The summed E-state index contributed by atoms with van der Waals surface area (Å²) >= 11 is 0. The monoisotopic (exact) mass is 217 g/mol. The summed E-state index contributed by atoms with van der Waals surface area (Å²) in [6.45, 7) is 2.39. The van der Waals surface area contributed by atoms with Crippen LogP contribution in [0.3, 0.4) is 0 Å². The van der Waals surface area contributed by atoms with Crippen LogP contribution in [0.25, 0.3) is 0 Å². The molecule has 0 saturated carbocycles. The molecule has 6 nitrogen and oxygen atoms in total. The predicted molar refractivity (Wildman–Crippen MR) is 50.4 cm³/mol. The van der Waals surface area contributed by atoms with Gasteiger partial charge in [-0.1, -0.05) is 0 Å². The number of carbonyl (C=O) groups is 2. The van der Waals surface area contributed by atoms with Gasteiger partial charge in [0.25, 0.3) is 0 Å². The van der Waals surface area contributed by atoms with Crippen molar-refractivity contribution in [1.82, 2.24) is 4.90 Å². The van der Waals surface area contributed by atoms with E-state index in [-0.39, 0.29) is 19.8 Å². The van der Waals surface area contributed by atoms with Gasteiger partial charge in [0.15, 0.2) is 0 Å². The molecule has 86 valence electrons. The molecule has 0 atom stereocenters. The maximum atomic E-state index is 11.1. The van der Waals surface area contributed by atoms with Crippen LogP contribution in [0.4, 0.5) is 9.59 Å². The van der Waals surface area contributed by atoms with E-state index in [1.54, 1.807) is 14.1 Å². The highest BCUT2D eigenvalue weighted by atomic mass is 16.7. The van der Waals surface area contributed by atoms with Gasteiger partial charge in [0.2, 0.25) is 0 Å². The highest BCUT2D eigenvalue weighted by molar-refractivity contribution is 5.66.